The first-order valence-corrected chi connectivity index (χ1v) is 8.35. The first-order valence-electron chi connectivity index (χ1n) is 6.91. The first kappa shape index (κ1) is 18.4. The fraction of sp³-hybridized carbons (Fsp3) is 0.250. The van der Waals surface area contributed by atoms with Crippen LogP contribution in [0.2, 0.25) is 0 Å². The second kappa shape index (κ2) is 6.52. The molecule has 0 saturated carbocycles. The van der Waals surface area contributed by atoms with E-state index in [2.05, 4.69) is 0 Å². The molecule has 0 aliphatic carbocycles. The van der Waals surface area contributed by atoms with E-state index in [1.165, 1.54) is 31.2 Å². The molecule has 0 aliphatic heterocycles. The molecule has 0 atom stereocenters. The quantitative estimate of drug-likeness (QED) is 0.773. The lowest BCUT2D eigenvalue weighted by molar-refractivity contribution is -0.138. The van der Waals surface area contributed by atoms with Gasteiger partial charge in [-0.25, -0.2) is 12.8 Å². The molecule has 24 heavy (non-hydrogen) atoms. The molecule has 0 unspecified atom stereocenters. The molecule has 0 radical (unpaired) electrons. The third-order valence-corrected chi connectivity index (χ3v) is 5.50. The summed E-state index contributed by atoms with van der Waals surface area (Å²) in [4.78, 5) is -0.269. The Labute approximate surface area is 137 Å². The summed E-state index contributed by atoms with van der Waals surface area (Å²) >= 11 is 0. The van der Waals surface area contributed by atoms with Gasteiger partial charge in [-0.3, -0.25) is 0 Å². The zero-order chi connectivity index (χ0) is 18.1. The summed E-state index contributed by atoms with van der Waals surface area (Å²) in [6.45, 7) is 1.01. The van der Waals surface area contributed by atoms with E-state index < -0.39 is 34.1 Å². The standard InChI is InChI=1S/C16H15F4NO2S/c1-11-7-8-13(17)9-15(11)24(22,23)21(2)10-12-5-3-4-6-14(12)16(18,19)20/h3-9H,10H2,1-2H3. The smallest absolute Gasteiger partial charge is 0.207 e. The van der Waals surface area contributed by atoms with Crippen LogP contribution in [0.4, 0.5) is 17.6 Å². The van der Waals surface area contributed by atoms with Gasteiger partial charge in [-0.15, -0.1) is 0 Å². The number of benzene rings is 2. The van der Waals surface area contributed by atoms with E-state index in [0.717, 1.165) is 29.6 Å². The van der Waals surface area contributed by atoms with Crippen LogP contribution < -0.4 is 0 Å². The molecule has 0 saturated heterocycles. The Morgan fingerprint density at radius 1 is 1.08 bits per heavy atom. The lowest BCUT2D eigenvalue weighted by Gasteiger charge is -2.21. The Kier molecular flexibility index (Phi) is 5.00. The van der Waals surface area contributed by atoms with Gasteiger partial charge in [0.25, 0.3) is 0 Å². The van der Waals surface area contributed by atoms with E-state index in [0.29, 0.717) is 5.56 Å². The Balaban J connectivity index is 2.40. The molecule has 130 valence electrons. The molecule has 0 aromatic heterocycles. The Bertz CT molecular complexity index is 847. The summed E-state index contributed by atoms with van der Waals surface area (Å²) < 4.78 is 78.3. The van der Waals surface area contributed by atoms with Gasteiger partial charge in [-0.2, -0.15) is 17.5 Å². The number of aryl methyl sites for hydroxylation is 1. The lowest BCUT2D eigenvalue weighted by Crippen LogP contribution is -2.28. The number of halogens is 4. The Morgan fingerprint density at radius 2 is 1.71 bits per heavy atom. The van der Waals surface area contributed by atoms with Crippen molar-refractivity contribution in [1.82, 2.24) is 4.31 Å². The third-order valence-electron chi connectivity index (χ3n) is 3.55. The van der Waals surface area contributed by atoms with Crippen molar-refractivity contribution in [2.24, 2.45) is 0 Å². The van der Waals surface area contributed by atoms with Gasteiger partial charge < -0.3 is 0 Å². The van der Waals surface area contributed by atoms with Crippen LogP contribution in [0.15, 0.2) is 47.4 Å². The van der Waals surface area contributed by atoms with Crippen molar-refractivity contribution in [3.63, 3.8) is 0 Å². The van der Waals surface area contributed by atoms with Crippen molar-refractivity contribution in [2.45, 2.75) is 24.5 Å². The van der Waals surface area contributed by atoms with Crippen LogP contribution in [-0.2, 0) is 22.7 Å². The number of nitrogens with zero attached hydrogens (tertiary/aromatic N) is 1. The summed E-state index contributed by atoms with van der Waals surface area (Å²) in [6, 6.07) is 8.02. The number of sulfonamides is 1. The molecule has 0 aliphatic rings. The van der Waals surface area contributed by atoms with Crippen LogP contribution in [-0.4, -0.2) is 19.8 Å². The van der Waals surface area contributed by atoms with Gasteiger partial charge in [-0.1, -0.05) is 24.3 Å². The molecule has 0 spiro atoms. The topological polar surface area (TPSA) is 37.4 Å². The van der Waals surface area contributed by atoms with Gasteiger partial charge >= 0.3 is 6.18 Å². The predicted molar refractivity (Wildman–Crippen MR) is 81.2 cm³/mol. The predicted octanol–water partition coefficient (Wildman–Crippen LogP) is 3.97. The normalized spacial score (nSPS) is 12.6. The minimum Gasteiger partial charge on any atom is -0.207 e. The Hall–Kier alpha value is -1.93. The summed E-state index contributed by atoms with van der Waals surface area (Å²) in [5.74, 6) is -0.733. The van der Waals surface area contributed by atoms with Gasteiger partial charge in [0.05, 0.1) is 10.5 Å². The molecule has 2 rings (SSSR count). The molecular weight excluding hydrogens is 346 g/mol. The number of hydrogen-bond donors (Lipinski definition) is 0. The highest BCUT2D eigenvalue weighted by Gasteiger charge is 2.34. The van der Waals surface area contributed by atoms with Gasteiger partial charge in [0.2, 0.25) is 10.0 Å². The van der Waals surface area contributed by atoms with Crippen LogP contribution >= 0.6 is 0 Å². The molecule has 0 amide bonds. The van der Waals surface area contributed by atoms with E-state index in [1.807, 2.05) is 0 Å². The highest BCUT2D eigenvalue weighted by Crippen LogP contribution is 2.33. The maximum atomic E-state index is 13.4. The molecule has 0 bridgehead atoms. The molecule has 0 fully saturated rings. The van der Waals surface area contributed by atoms with E-state index in [4.69, 9.17) is 0 Å². The highest BCUT2D eigenvalue weighted by molar-refractivity contribution is 7.89. The van der Waals surface area contributed by atoms with Gasteiger partial charge in [0, 0.05) is 13.6 Å². The van der Waals surface area contributed by atoms with Crippen LogP contribution in [0.5, 0.6) is 0 Å². The summed E-state index contributed by atoms with van der Waals surface area (Å²) in [6.07, 6.45) is -4.59. The van der Waals surface area contributed by atoms with E-state index >= 15 is 0 Å². The van der Waals surface area contributed by atoms with Crippen LogP contribution in [0.25, 0.3) is 0 Å². The number of rotatable bonds is 4. The summed E-state index contributed by atoms with van der Waals surface area (Å²) in [5, 5.41) is 0. The second-order valence-electron chi connectivity index (χ2n) is 5.33. The minimum atomic E-state index is -4.59. The molecule has 2 aromatic carbocycles. The molecule has 3 nitrogen and oxygen atoms in total. The lowest BCUT2D eigenvalue weighted by atomic mass is 10.1. The zero-order valence-corrected chi connectivity index (χ0v) is 13.7. The average molecular weight is 361 g/mol. The molecule has 0 N–H and O–H groups in total. The van der Waals surface area contributed by atoms with Gasteiger partial charge in [-0.05, 0) is 36.2 Å². The van der Waals surface area contributed by atoms with Gasteiger partial charge in [0.1, 0.15) is 5.82 Å². The second-order valence-corrected chi connectivity index (χ2v) is 7.34. The van der Waals surface area contributed by atoms with Crippen molar-refractivity contribution in [2.75, 3.05) is 7.05 Å². The van der Waals surface area contributed by atoms with E-state index in [1.54, 1.807) is 0 Å². The van der Waals surface area contributed by atoms with Crippen LogP contribution in [0.1, 0.15) is 16.7 Å². The minimum absolute atomic E-state index is 0.176. The van der Waals surface area contributed by atoms with Crippen molar-refractivity contribution < 1.29 is 26.0 Å². The maximum Gasteiger partial charge on any atom is 0.416 e. The largest absolute Gasteiger partial charge is 0.416 e. The van der Waals surface area contributed by atoms with Crippen molar-refractivity contribution in [1.29, 1.82) is 0 Å². The Morgan fingerprint density at radius 3 is 2.33 bits per heavy atom. The monoisotopic (exact) mass is 361 g/mol. The van der Waals surface area contributed by atoms with E-state index in [9.17, 15) is 26.0 Å². The molecular formula is C16H15F4NO2S. The third kappa shape index (κ3) is 3.76. The van der Waals surface area contributed by atoms with Crippen LogP contribution in [0.3, 0.4) is 0 Å². The first-order chi connectivity index (χ1) is 11.0. The van der Waals surface area contributed by atoms with Crippen LogP contribution in [0, 0.1) is 12.7 Å². The van der Waals surface area contributed by atoms with Crippen molar-refractivity contribution in [3.05, 3.63) is 65.0 Å². The molecule has 0 heterocycles. The fourth-order valence-corrected chi connectivity index (χ4v) is 3.66. The number of hydrogen-bond acceptors (Lipinski definition) is 2. The highest BCUT2D eigenvalue weighted by atomic mass is 32.2. The molecule has 8 heteroatoms. The van der Waals surface area contributed by atoms with E-state index in [-0.39, 0.29) is 10.5 Å². The SMILES string of the molecule is Cc1ccc(F)cc1S(=O)(=O)N(C)Cc1ccccc1C(F)(F)F. The van der Waals surface area contributed by atoms with Crippen molar-refractivity contribution in [3.8, 4) is 0 Å². The molecule has 2 aromatic rings. The average Bonchev–Trinajstić information content (AvgIpc) is 2.49. The summed E-state index contributed by atoms with van der Waals surface area (Å²) in [5.41, 5.74) is -0.763. The zero-order valence-electron chi connectivity index (χ0n) is 12.9. The maximum absolute atomic E-state index is 13.4. The number of alkyl halides is 3. The fourth-order valence-electron chi connectivity index (χ4n) is 2.28. The summed E-state index contributed by atoms with van der Waals surface area (Å²) in [7, 11) is -2.97. The van der Waals surface area contributed by atoms with Crippen molar-refractivity contribution >= 4 is 10.0 Å². The van der Waals surface area contributed by atoms with Gasteiger partial charge in [0.15, 0.2) is 0 Å².